The molecular formula is C16H20ClN5O. The molecule has 0 bridgehead atoms. The lowest BCUT2D eigenvalue weighted by atomic mass is 10.2. The number of hydrogen-bond donors (Lipinski definition) is 1. The topological polar surface area (TPSA) is 53.4 Å². The summed E-state index contributed by atoms with van der Waals surface area (Å²) in [6.45, 7) is 4.83. The lowest BCUT2D eigenvalue weighted by Crippen LogP contribution is -2.50. The van der Waals surface area contributed by atoms with Gasteiger partial charge in [0.15, 0.2) is 0 Å². The number of nitrogens with one attached hydrogen (secondary N) is 1. The summed E-state index contributed by atoms with van der Waals surface area (Å²) in [6.07, 6.45) is 0. The zero-order chi connectivity index (χ0) is 16.4. The minimum atomic E-state index is -0.0845. The molecule has 2 amide bonds. The van der Waals surface area contributed by atoms with Gasteiger partial charge in [-0.05, 0) is 25.1 Å². The van der Waals surface area contributed by atoms with E-state index in [0.717, 1.165) is 29.5 Å². The van der Waals surface area contributed by atoms with Gasteiger partial charge in [0.1, 0.15) is 5.82 Å². The lowest BCUT2D eigenvalue weighted by molar-refractivity contribution is 0.208. The molecule has 1 fully saturated rings. The first kappa shape index (κ1) is 15.7. The number of benzene rings is 1. The monoisotopic (exact) mass is 333 g/mol. The first-order chi connectivity index (χ1) is 11.0. The molecule has 1 aliphatic rings. The molecule has 1 aromatic heterocycles. The van der Waals surface area contributed by atoms with Gasteiger partial charge in [0.2, 0.25) is 0 Å². The minimum absolute atomic E-state index is 0.0845. The Morgan fingerprint density at radius 1 is 1.22 bits per heavy atom. The fraction of sp³-hybridized carbons (Fsp3) is 0.375. The van der Waals surface area contributed by atoms with Gasteiger partial charge in [-0.3, -0.25) is 10.00 Å². The van der Waals surface area contributed by atoms with Gasteiger partial charge in [0.05, 0.1) is 5.69 Å². The van der Waals surface area contributed by atoms with Gasteiger partial charge >= 0.3 is 6.03 Å². The van der Waals surface area contributed by atoms with Crippen molar-refractivity contribution in [2.24, 2.45) is 7.05 Å². The number of rotatable bonds is 2. The molecule has 0 aliphatic carbocycles. The molecule has 1 aromatic carbocycles. The fourth-order valence-corrected chi connectivity index (χ4v) is 2.94. The minimum Gasteiger partial charge on any atom is -0.368 e. The average Bonchev–Trinajstić information content (AvgIpc) is 2.85. The maximum absolute atomic E-state index is 12.4. The largest absolute Gasteiger partial charge is 0.368 e. The Morgan fingerprint density at radius 2 is 1.96 bits per heavy atom. The first-order valence-electron chi connectivity index (χ1n) is 7.60. The Kier molecular flexibility index (Phi) is 4.43. The molecule has 0 radical (unpaired) electrons. The van der Waals surface area contributed by atoms with E-state index >= 15 is 0 Å². The molecule has 2 aromatic rings. The SMILES string of the molecule is Cc1cc(NC(=O)N2CCN(c3cccc(Cl)c3)CC2)n(C)n1. The van der Waals surface area contributed by atoms with E-state index in [2.05, 4.69) is 15.3 Å². The Balaban J connectivity index is 1.58. The molecule has 7 heteroatoms. The molecule has 6 nitrogen and oxygen atoms in total. The number of carbonyl (C=O) groups is 1. The highest BCUT2D eigenvalue weighted by Gasteiger charge is 2.22. The standard InChI is InChI=1S/C16H20ClN5O/c1-12-10-15(20(2)19-12)18-16(23)22-8-6-21(7-9-22)14-5-3-4-13(17)11-14/h3-5,10-11H,6-9H2,1-2H3,(H,18,23). The summed E-state index contributed by atoms with van der Waals surface area (Å²) in [4.78, 5) is 16.4. The Bertz CT molecular complexity index is 706. The maximum atomic E-state index is 12.4. The van der Waals surface area contributed by atoms with Crippen molar-refractivity contribution in [3.05, 3.63) is 41.0 Å². The van der Waals surface area contributed by atoms with E-state index in [4.69, 9.17) is 11.6 Å². The van der Waals surface area contributed by atoms with Crippen molar-refractivity contribution in [1.82, 2.24) is 14.7 Å². The summed E-state index contributed by atoms with van der Waals surface area (Å²) in [5.74, 6) is 0.713. The van der Waals surface area contributed by atoms with E-state index in [1.54, 1.807) is 4.68 Å². The summed E-state index contributed by atoms with van der Waals surface area (Å²) >= 11 is 6.04. The van der Waals surface area contributed by atoms with Crippen LogP contribution in [-0.4, -0.2) is 46.9 Å². The van der Waals surface area contributed by atoms with E-state index in [0.29, 0.717) is 18.9 Å². The summed E-state index contributed by atoms with van der Waals surface area (Å²) < 4.78 is 1.68. The summed E-state index contributed by atoms with van der Waals surface area (Å²) in [5.41, 5.74) is 1.98. The number of halogens is 1. The normalized spacial score (nSPS) is 14.9. The van der Waals surface area contributed by atoms with Gasteiger partial charge in [0, 0.05) is 50.0 Å². The Hall–Kier alpha value is -2.21. The molecule has 0 spiro atoms. The van der Waals surface area contributed by atoms with Crippen LogP contribution < -0.4 is 10.2 Å². The van der Waals surface area contributed by atoms with Crippen LogP contribution in [0.15, 0.2) is 30.3 Å². The highest BCUT2D eigenvalue weighted by molar-refractivity contribution is 6.30. The zero-order valence-corrected chi connectivity index (χ0v) is 14.0. The van der Waals surface area contributed by atoms with Crippen molar-refractivity contribution in [2.75, 3.05) is 36.4 Å². The van der Waals surface area contributed by atoms with Crippen molar-refractivity contribution >= 4 is 29.1 Å². The van der Waals surface area contributed by atoms with Crippen LogP contribution in [0, 0.1) is 6.92 Å². The first-order valence-corrected chi connectivity index (χ1v) is 7.98. The van der Waals surface area contributed by atoms with Gasteiger partial charge in [0.25, 0.3) is 0 Å². The highest BCUT2D eigenvalue weighted by Crippen LogP contribution is 2.21. The van der Waals surface area contributed by atoms with Crippen LogP contribution in [0.2, 0.25) is 5.02 Å². The van der Waals surface area contributed by atoms with Crippen LogP contribution in [0.25, 0.3) is 0 Å². The van der Waals surface area contributed by atoms with Gasteiger partial charge in [-0.25, -0.2) is 4.79 Å². The number of aromatic nitrogens is 2. The molecule has 1 saturated heterocycles. The number of nitrogens with zero attached hydrogens (tertiary/aromatic N) is 4. The van der Waals surface area contributed by atoms with E-state index in [1.807, 2.05) is 49.2 Å². The predicted molar refractivity (Wildman–Crippen MR) is 92.2 cm³/mol. The quantitative estimate of drug-likeness (QED) is 0.919. The van der Waals surface area contributed by atoms with Crippen molar-refractivity contribution in [3.8, 4) is 0 Å². The predicted octanol–water partition coefficient (Wildman–Crippen LogP) is 2.74. The van der Waals surface area contributed by atoms with E-state index < -0.39 is 0 Å². The molecule has 0 unspecified atom stereocenters. The van der Waals surface area contributed by atoms with Gasteiger partial charge in [-0.1, -0.05) is 17.7 Å². The second-order valence-corrected chi connectivity index (χ2v) is 6.12. The average molecular weight is 334 g/mol. The van der Waals surface area contributed by atoms with Crippen molar-refractivity contribution in [3.63, 3.8) is 0 Å². The van der Waals surface area contributed by atoms with Gasteiger partial charge in [-0.15, -0.1) is 0 Å². The number of anilines is 2. The number of urea groups is 1. The molecule has 122 valence electrons. The van der Waals surface area contributed by atoms with Crippen molar-refractivity contribution in [2.45, 2.75) is 6.92 Å². The third-order valence-electron chi connectivity index (χ3n) is 3.98. The molecule has 2 heterocycles. The summed E-state index contributed by atoms with van der Waals surface area (Å²) in [5, 5.41) is 7.87. The number of hydrogen-bond acceptors (Lipinski definition) is 3. The van der Waals surface area contributed by atoms with Crippen LogP contribution in [-0.2, 0) is 7.05 Å². The number of amides is 2. The lowest BCUT2D eigenvalue weighted by Gasteiger charge is -2.36. The van der Waals surface area contributed by atoms with E-state index in [9.17, 15) is 4.79 Å². The third-order valence-corrected chi connectivity index (χ3v) is 4.21. The molecule has 0 saturated carbocycles. The van der Waals surface area contributed by atoms with E-state index in [1.165, 1.54) is 0 Å². The van der Waals surface area contributed by atoms with Gasteiger partial charge in [-0.2, -0.15) is 5.10 Å². The van der Waals surface area contributed by atoms with Crippen LogP contribution in [0.5, 0.6) is 0 Å². The number of carbonyl (C=O) groups excluding carboxylic acids is 1. The van der Waals surface area contributed by atoms with Crippen molar-refractivity contribution < 1.29 is 4.79 Å². The number of aryl methyl sites for hydroxylation is 2. The van der Waals surface area contributed by atoms with Crippen molar-refractivity contribution in [1.29, 1.82) is 0 Å². The van der Waals surface area contributed by atoms with Crippen LogP contribution in [0.4, 0.5) is 16.3 Å². The number of piperazine rings is 1. The molecular weight excluding hydrogens is 314 g/mol. The molecule has 1 aliphatic heterocycles. The van der Waals surface area contributed by atoms with Crippen LogP contribution in [0.3, 0.4) is 0 Å². The highest BCUT2D eigenvalue weighted by atomic mass is 35.5. The van der Waals surface area contributed by atoms with Crippen LogP contribution in [0.1, 0.15) is 5.69 Å². The maximum Gasteiger partial charge on any atom is 0.323 e. The summed E-state index contributed by atoms with van der Waals surface area (Å²) in [6, 6.07) is 9.58. The fourth-order valence-electron chi connectivity index (χ4n) is 2.76. The molecule has 0 atom stereocenters. The molecule has 3 rings (SSSR count). The molecule has 23 heavy (non-hydrogen) atoms. The zero-order valence-electron chi connectivity index (χ0n) is 13.3. The van der Waals surface area contributed by atoms with Gasteiger partial charge < -0.3 is 9.80 Å². The van der Waals surface area contributed by atoms with Crippen LogP contribution >= 0.6 is 11.6 Å². The third kappa shape index (κ3) is 3.59. The Morgan fingerprint density at radius 3 is 2.57 bits per heavy atom. The molecule has 1 N–H and O–H groups in total. The van der Waals surface area contributed by atoms with E-state index in [-0.39, 0.29) is 6.03 Å². The Labute approximate surface area is 140 Å². The second kappa shape index (κ2) is 6.50. The second-order valence-electron chi connectivity index (χ2n) is 5.68. The smallest absolute Gasteiger partial charge is 0.323 e. The summed E-state index contributed by atoms with van der Waals surface area (Å²) in [7, 11) is 1.82.